The Morgan fingerprint density at radius 3 is 2.62 bits per heavy atom. The van der Waals surface area contributed by atoms with Gasteiger partial charge < -0.3 is 4.84 Å². The molecule has 0 atom stereocenters. The minimum absolute atomic E-state index is 0.313. The molecule has 5 heteroatoms. The van der Waals surface area contributed by atoms with Gasteiger partial charge in [-0.3, -0.25) is 10.0 Å². The Morgan fingerprint density at radius 1 is 1.31 bits per heavy atom. The summed E-state index contributed by atoms with van der Waals surface area (Å²) in [6.07, 6.45) is 4.22. The highest BCUT2D eigenvalue weighted by Gasteiger charge is 1.97. The van der Waals surface area contributed by atoms with Crippen molar-refractivity contribution >= 4 is 5.91 Å². The van der Waals surface area contributed by atoms with Crippen molar-refractivity contribution < 1.29 is 14.8 Å². The van der Waals surface area contributed by atoms with E-state index in [0.717, 1.165) is 25.7 Å². The number of carbonyl (C=O) groups is 1. The van der Waals surface area contributed by atoms with Crippen LogP contribution in [0.4, 0.5) is 0 Å². The Hall–Kier alpha value is -0.650. The van der Waals surface area contributed by atoms with Gasteiger partial charge >= 0.3 is 0 Å². The van der Waals surface area contributed by atoms with Crippen molar-refractivity contribution in [1.29, 1.82) is 0 Å². The average molecular weight is 190 g/mol. The van der Waals surface area contributed by atoms with Crippen LogP contribution in [-0.4, -0.2) is 24.8 Å². The molecular formula is C8H18N2O3. The highest BCUT2D eigenvalue weighted by Crippen LogP contribution is 2.02. The largest absolute Gasteiger partial charge is 0.302 e. The number of nitrogens with one attached hydrogen (secondary N) is 2. The third-order valence-electron chi connectivity index (χ3n) is 1.67. The van der Waals surface area contributed by atoms with Crippen molar-refractivity contribution in [2.24, 2.45) is 0 Å². The maximum atomic E-state index is 10.6. The molecule has 3 N–H and O–H groups in total. The van der Waals surface area contributed by atoms with Crippen molar-refractivity contribution in [1.82, 2.24) is 11.0 Å². The van der Waals surface area contributed by atoms with Gasteiger partial charge in [0.25, 0.3) is 0 Å². The van der Waals surface area contributed by atoms with E-state index in [1.165, 1.54) is 0 Å². The Bertz CT molecular complexity index is 131. The molecule has 0 rings (SSSR count). The van der Waals surface area contributed by atoms with Gasteiger partial charge in [-0.1, -0.05) is 12.8 Å². The van der Waals surface area contributed by atoms with E-state index in [1.54, 1.807) is 12.5 Å². The molecule has 0 spiro atoms. The predicted octanol–water partition coefficient (Wildman–Crippen LogP) is 0.593. The smallest absolute Gasteiger partial charge is 0.243 e. The molecule has 5 nitrogen and oxygen atoms in total. The molecule has 0 heterocycles. The first-order chi connectivity index (χ1) is 6.31. The monoisotopic (exact) mass is 190 g/mol. The van der Waals surface area contributed by atoms with Gasteiger partial charge in [0.05, 0.1) is 6.61 Å². The number of carbonyl (C=O) groups excluding carboxylic acids is 1. The number of rotatable bonds is 8. The summed E-state index contributed by atoms with van der Waals surface area (Å²) in [4.78, 5) is 15.5. The van der Waals surface area contributed by atoms with Gasteiger partial charge in [-0.15, -0.1) is 0 Å². The molecule has 0 aromatic heterocycles. The minimum Gasteiger partial charge on any atom is -0.302 e. The van der Waals surface area contributed by atoms with E-state index in [9.17, 15) is 4.79 Å². The zero-order valence-electron chi connectivity index (χ0n) is 8.01. The molecule has 0 aliphatic heterocycles. The highest BCUT2D eigenvalue weighted by molar-refractivity contribution is 5.74. The summed E-state index contributed by atoms with van der Waals surface area (Å²) in [5.41, 5.74) is 4.19. The van der Waals surface area contributed by atoms with E-state index in [1.807, 2.05) is 0 Å². The molecule has 0 fully saturated rings. The zero-order valence-corrected chi connectivity index (χ0v) is 8.01. The molecule has 0 aromatic rings. The normalized spacial score (nSPS) is 10.0. The predicted molar refractivity (Wildman–Crippen MR) is 48.0 cm³/mol. The minimum atomic E-state index is -0.313. The maximum Gasteiger partial charge on any atom is 0.243 e. The second-order valence-corrected chi connectivity index (χ2v) is 2.75. The fraction of sp³-hybridized carbons (Fsp3) is 0.875. The Labute approximate surface area is 78.4 Å². The Balaban J connectivity index is 2.95. The lowest BCUT2D eigenvalue weighted by Gasteiger charge is -2.01. The van der Waals surface area contributed by atoms with E-state index in [-0.39, 0.29) is 5.91 Å². The topological polar surface area (TPSA) is 70.6 Å². The van der Waals surface area contributed by atoms with Crippen LogP contribution in [0.2, 0.25) is 0 Å². The maximum absolute atomic E-state index is 10.6. The SMILES string of the molecule is CNOCCCCCCC(=O)NO. The van der Waals surface area contributed by atoms with E-state index < -0.39 is 0 Å². The van der Waals surface area contributed by atoms with Crippen molar-refractivity contribution in [3.05, 3.63) is 0 Å². The molecule has 0 saturated carbocycles. The molecule has 0 aliphatic rings. The fourth-order valence-electron chi connectivity index (χ4n) is 0.971. The van der Waals surface area contributed by atoms with Crippen LogP contribution >= 0.6 is 0 Å². The Kier molecular flexibility index (Phi) is 8.97. The van der Waals surface area contributed by atoms with Gasteiger partial charge in [-0.25, -0.2) is 11.0 Å². The van der Waals surface area contributed by atoms with Gasteiger partial charge in [0.2, 0.25) is 5.91 Å². The average Bonchev–Trinajstić information content (AvgIpc) is 2.16. The molecule has 0 bridgehead atoms. The molecule has 0 unspecified atom stereocenters. The van der Waals surface area contributed by atoms with Gasteiger partial charge in [0.15, 0.2) is 0 Å². The van der Waals surface area contributed by atoms with Crippen molar-refractivity contribution in [3.63, 3.8) is 0 Å². The lowest BCUT2D eigenvalue weighted by atomic mass is 10.1. The van der Waals surface area contributed by atoms with E-state index in [2.05, 4.69) is 5.48 Å². The van der Waals surface area contributed by atoms with E-state index in [4.69, 9.17) is 10.0 Å². The van der Waals surface area contributed by atoms with E-state index in [0.29, 0.717) is 13.0 Å². The summed E-state index contributed by atoms with van der Waals surface area (Å²) >= 11 is 0. The summed E-state index contributed by atoms with van der Waals surface area (Å²) < 4.78 is 0. The lowest BCUT2D eigenvalue weighted by molar-refractivity contribution is -0.129. The first-order valence-electron chi connectivity index (χ1n) is 4.52. The molecular weight excluding hydrogens is 172 g/mol. The lowest BCUT2D eigenvalue weighted by Crippen LogP contribution is -2.17. The number of unbranched alkanes of at least 4 members (excludes halogenated alkanes) is 3. The third-order valence-corrected chi connectivity index (χ3v) is 1.67. The summed E-state index contributed by atoms with van der Waals surface area (Å²) in [5.74, 6) is -0.313. The van der Waals surface area contributed by atoms with Gasteiger partial charge in [0, 0.05) is 13.5 Å². The van der Waals surface area contributed by atoms with Crippen LogP contribution in [0, 0.1) is 0 Å². The van der Waals surface area contributed by atoms with Gasteiger partial charge in [-0.2, -0.15) is 0 Å². The van der Waals surface area contributed by atoms with Crippen molar-refractivity contribution in [2.75, 3.05) is 13.7 Å². The molecule has 13 heavy (non-hydrogen) atoms. The first-order valence-corrected chi connectivity index (χ1v) is 4.52. The van der Waals surface area contributed by atoms with E-state index >= 15 is 0 Å². The second-order valence-electron chi connectivity index (χ2n) is 2.75. The highest BCUT2D eigenvalue weighted by atomic mass is 16.6. The van der Waals surface area contributed by atoms with Gasteiger partial charge in [-0.05, 0) is 12.8 Å². The van der Waals surface area contributed by atoms with Crippen molar-refractivity contribution in [3.8, 4) is 0 Å². The number of hydrogen-bond acceptors (Lipinski definition) is 4. The number of hydrogen-bond donors (Lipinski definition) is 3. The summed E-state index contributed by atoms with van der Waals surface area (Å²) in [5, 5.41) is 8.18. The van der Waals surface area contributed by atoms with Crippen LogP contribution in [0.3, 0.4) is 0 Å². The zero-order chi connectivity index (χ0) is 9.94. The standard InChI is InChI=1S/C8H18N2O3/c1-9-13-7-5-3-2-4-6-8(11)10-12/h9,12H,2-7H2,1H3,(H,10,11). The number of amides is 1. The molecule has 1 amide bonds. The van der Waals surface area contributed by atoms with Crippen LogP contribution in [0.1, 0.15) is 32.1 Å². The Morgan fingerprint density at radius 2 is 2.00 bits per heavy atom. The third kappa shape index (κ3) is 9.26. The van der Waals surface area contributed by atoms with Crippen LogP contribution in [0.15, 0.2) is 0 Å². The molecule has 0 aliphatic carbocycles. The van der Waals surface area contributed by atoms with Crippen LogP contribution < -0.4 is 11.0 Å². The molecule has 0 radical (unpaired) electrons. The fourth-order valence-corrected chi connectivity index (χ4v) is 0.971. The molecule has 0 saturated heterocycles. The first kappa shape index (κ1) is 12.3. The van der Waals surface area contributed by atoms with Crippen molar-refractivity contribution in [2.45, 2.75) is 32.1 Å². The van der Waals surface area contributed by atoms with Crippen LogP contribution in [0.5, 0.6) is 0 Å². The summed E-state index contributed by atoms with van der Waals surface area (Å²) in [7, 11) is 1.73. The molecule has 0 aromatic carbocycles. The second kappa shape index (κ2) is 9.44. The van der Waals surface area contributed by atoms with Crippen LogP contribution in [-0.2, 0) is 9.63 Å². The molecule has 78 valence electrons. The summed E-state index contributed by atoms with van der Waals surface area (Å²) in [6, 6.07) is 0. The van der Waals surface area contributed by atoms with Crippen LogP contribution in [0.25, 0.3) is 0 Å². The summed E-state index contributed by atoms with van der Waals surface area (Å²) in [6.45, 7) is 0.697. The van der Waals surface area contributed by atoms with Gasteiger partial charge in [0.1, 0.15) is 0 Å². The quantitative estimate of drug-likeness (QED) is 0.298. The number of hydroxylamine groups is 2.